The van der Waals surface area contributed by atoms with E-state index in [9.17, 15) is 0 Å². The zero-order chi connectivity index (χ0) is 3.54. The first-order chi connectivity index (χ1) is 2.50. The van der Waals surface area contributed by atoms with Crippen molar-refractivity contribution in [2.45, 2.75) is 0 Å². The maximum atomic E-state index is 4.53. The molecule has 0 atom stereocenters. The van der Waals surface area contributed by atoms with Crippen LogP contribution in [0.3, 0.4) is 0 Å². The van der Waals surface area contributed by atoms with Crippen molar-refractivity contribution in [1.82, 2.24) is 0 Å². The van der Waals surface area contributed by atoms with Crippen LogP contribution in [0.15, 0.2) is 23.3 Å². The first-order valence-electron chi connectivity index (χ1n) is 1.38. The molecule has 34 valence electrons. The van der Waals surface area contributed by atoms with Gasteiger partial charge in [0, 0.05) is 0 Å². The lowest BCUT2D eigenvalue weighted by molar-refractivity contribution is -0.383. The van der Waals surface area contributed by atoms with Crippen LogP contribution in [0.5, 0.6) is 0 Å². The minimum atomic E-state index is 0. The zero-order valence-corrected chi connectivity index (χ0v) is 3.77. The van der Waals surface area contributed by atoms with Gasteiger partial charge < -0.3 is 16.8 Å². The van der Waals surface area contributed by atoms with Crippen LogP contribution in [0.25, 0.3) is 0 Å². The minimum Gasteiger partial charge on any atom is -1.00 e. The highest BCUT2D eigenvalue weighted by Crippen LogP contribution is 1.64. The standard InChI is InChI=1S/C3H3NO.ClH/c1-2-5-3-4-1;/h1-3H;1H. The molecular formula is C3H4ClNO. The van der Waals surface area contributed by atoms with Gasteiger partial charge in [-0.2, -0.15) is 4.98 Å². The second-order valence-corrected chi connectivity index (χ2v) is 0.723. The quantitative estimate of drug-likeness (QED) is 0.348. The van der Waals surface area contributed by atoms with Crippen LogP contribution in [0.2, 0.25) is 0 Å². The van der Waals surface area contributed by atoms with Crippen LogP contribution in [0.1, 0.15) is 0 Å². The number of rotatable bonds is 0. The van der Waals surface area contributed by atoms with Gasteiger partial charge in [0.25, 0.3) is 0 Å². The summed E-state index contributed by atoms with van der Waals surface area (Å²) in [5.74, 6) is 0. The van der Waals surface area contributed by atoms with Gasteiger partial charge in [-0.3, -0.25) is 0 Å². The van der Waals surface area contributed by atoms with E-state index in [0.29, 0.717) is 0 Å². The average Bonchev–Trinajstić information content (AvgIpc) is 1.76. The van der Waals surface area contributed by atoms with Crippen molar-refractivity contribution in [2.24, 2.45) is 0 Å². The van der Waals surface area contributed by atoms with Gasteiger partial charge in [0.05, 0.1) is 0 Å². The summed E-state index contributed by atoms with van der Waals surface area (Å²) in [6.45, 7) is 0. The van der Waals surface area contributed by atoms with E-state index in [1.54, 1.807) is 12.5 Å². The van der Waals surface area contributed by atoms with Crippen LogP contribution in [0, 0.1) is 0 Å². The first kappa shape index (κ1) is 5.50. The Bertz CT molecular complexity index is 67.3. The molecule has 0 fully saturated rings. The van der Waals surface area contributed by atoms with Gasteiger partial charge in [0.2, 0.25) is 6.20 Å². The van der Waals surface area contributed by atoms with Crippen LogP contribution in [-0.4, -0.2) is 0 Å². The summed E-state index contributed by atoms with van der Waals surface area (Å²) in [7, 11) is 0. The van der Waals surface area contributed by atoms with Gasteiger partial charge in [-0.05, 0) is 0 Å². The molecule has 1 rings (SSSR count). The van der Waals surface area contributed by atoms with E-state index in [-0.39, 0.29) is 12.4 Å². The van der Waals surface area contributed by atoms with Crippen LogP contribution >= 0.6 is 0 Å². The molecule has 0 aliphatic carbocycles. The number of halogens is 1. The highest BCUT2D eigenvalue weighted by molar-refractivity contribution is 4.43. The number of H-pyrrole nitrogens is 1. The van der Waals surface area contributed by atoms with Crippen molar-refractivity contribution in [3.8, 4) is 0 Å². The molecule has 1 heterocycles. The topological polar surface area (TPSA) is 27.3 Å². The Morgan fingerprint density at radius 1 is 1.50 bits per heavy atom. The summed E-state index contributed by atoms with van der Waals surface area (Å²) >= 11 is 0. The van der Waals surface area contributed by atoms with E-state index >= 15 is 0 Å². The van der Waals surface area contributed by atoms with Gasteiger partial charge >= 0.3 is 6.39 Å². The molecule has 0 saturated heterocycles. The minimum absolute atomic E-state index is 0. The van der Waals surface area contributed by atoms with Crippen LogP contribution < -0.4 is 17.4 Å². The fraction of sp³-hybridized carbons (Fsp3) is 0. The van der Waals surface area contributed by atoms with Gasteiger partial charge in [-0.25, -0.2) is 0 Å². The largest absolute Gasteiger partial charge is 1.00 e. The third-order valence-corrected chi connectivity index (χ3v) is 0.379. The molecule has 6 heavy (non-hydrogen) atoms. The molecule has 2 nitrogen and oxygen atoms in total. The van der Waals surface area contributed by atoms with E-state index in [2.05, 4.69) is 9.40 Å². The predicted molar refractivity (Wildman–Crippen MR) is 15.3 cm³/mol. The van der Waals surface area contributed by atoms with E-state index in [1.807, 2.05) is 0 Å². The first-order valence-corrected chi connectivity index (χ1v) is 1.38. The molecule has 0 saturated carbocycles. The Hall–Kier alpha value is -0.500. The molecular weight excluding hydrogens is 101 g/mol. The third kappa shape index (κ3) is 1.08. The number of hydrogen-bond acceptors (Lipinski definition) is 1. The molecule has 0 amide bonds. The van der Waals surface area contributed by atoms with Gasteiger partial charge in [0.15, 0.2) is 6.26 Å². The summed E-state index contributed by atoms with van der Waals surface area (Å²) in [4.78, 5) is 2.69. The lowest BCUT2D eigenvalue weighted by atomic mass is 11.0. The van der Waals surface area contributed by atoms with Crippen molar-refractivity contribution >= 4 is 0 Å². The average molecular weight is 106 g/mol. The van der Waals surface area contributed by atoms with E-state index in [0.717, 1.165) is 0 Å². The molecule has 0 bridgehead atoms. The van der Waals surface area contributed by atoms with Gasteiger partial charge in [0.1, 0.15) is 0 Å². The maximum absolute atomic E-state index is 4.53. The Labute approximate surface area is 41.6 Å². The smallest absolute Gasteiger partial charge is 0.332 e. The molecule has 0 aliphatic rings. The van der Waals surface area contributed by atoms with Crippen molar-refractivity contribution in [3.05, 3.63) is 18.9 Å². The summed E-state index contributed by atoms with van der Waals surface area (Å²) < 4.78 is 4.53. The monoisotopic (exact) mass is 105 g/mol. The van der Waals surface area contributed by atoms with Gasteiger partial charge in [-0.15, -0.1) is 0 Å². The van der Waals surface area contributed by atoms with Crippen molar-refractivity contribution in [3.63, 3.8) is 0 Å². The Morgan fingerprint density at radius 3 is 2.50 bits per heavy atom. The SMILES string of the molecule is [Cl-].c1coc[nH+]1. The van der Waals surface area contributed by atoms with E-state index in [1.165, 1.54) is 6.39 Å². The Morgan fingerprint density at radius 2 is 2.33 bits per heavy atom. The lowest BCUT2D eigenvalue weighted by Crippen LogP contribution is -3.00. The van der Waals surface area contributed by atoms with Crippen molar-refractivity contribution < 1.29 is 21.8 Å². The lowest BCUT2D eigenvalue weighted by Gasteiger charge is -1.40. The summed E-state index contributed by atoms with van der Waals surface area (Å²) in [5.41, 5.74) is 0. The molecule has 0 aromatic carbocycles. The Kier molecular flexibility index (Phi) is 2.50. The highest BCUT2D eigenvalue weighted by Gasteiger charge is 1.68. The normalized spacial score (nSPS) is 6.67. The fourth-order valence-electron chi connectivity index (χ4n) is 0.196. The van der Waals surface area contributed by atoms with Crippen molar-refractivity contribution in [1.29, 1.82) is 0 Å². The number of nitrogens with one attached hydrogen (secondary N) is 1. The van der Waals surface area contributed by atoms with Gasteiger partial charge in [-0.1, -0.05) is 0 Å². The van der Waals surface area contributed by atoms with Crippen molar-refractivity contribution in [2.75, 3.05) is 0 Å². The number of aromatic nitrogens is 1. The predicted octanol–water partition coefficient (Wildman–Crippen LogP) is -2.90. The third-order valence-electron chi connectivity index (χ3n) is 0.379. The number of aromatic amines is 1. The molecule has 3 heteroatoms. The maximum Gasteiger partial charge on any atom is 0.332 e. The van der Waals surface area contributed by atoms with E-state index in [4.69, 9.17) is 0 Å². The second kappa shape index (κ2) is 2.72. The Balaban J connectivity index is 0.000000250. The second-order valence-electron chi connectivity index (χ2n) is 0.723. The number of oxazole rings is 1. The summed E-state index contributed by atoms with van der Waals surface area (Å²) in [6.07, 6.45) is 4.78. The molecule has 0 radical (unpaired) electrons. The molecule has 1 N–H and O–H groups in total. The van der Waals surface area contributed by atoms with Crippen LogP contribution in [-0.2, 0) is 0 Å². The summed E-state index contributed by atoms with van der Waals surface area (Å²) in [6, 6.07) is 0. The molecule has 1 aromatic rings. The highest BCUT2D eigenvalue weighted by atomic mass is 35.5. The zero-order valence-electron chi connectivity index (χ0n) is 3.02. The van der Waals surface area contributed by atoms with E-state index < -0.39 is 0 Å². The molecule has 0 aliphatic heterocycles. The summed E-state index contributed by atoms with van der Waals surface area (Å²) in [5, 5.41) is 0. The molecule has 1 aromatic heterocycles. The van der Waals surface area contributed by atoms with Crippen LogP contribution in [0.4, 0.5) is 0 Å². The molecule has 0 unspecified atom stereocenters. The molecule has 0 spiro atoms. The number of hydrogen-bond donors (Lipinski definition) is 0. The fourth-order valence-corrected chi connectivity index (χ4v) is 0.196.